The molecular weight excluding hydrogens is 651 g/mol. The molecule has 0 saturated carbocycles. The van der Waals surface area contributed by atoms with Crippen molar-refractivity contribution in [2.45, 2.75) is 0 Å². The molecule has 1 heteroatoms. The second kappa shape index (κ2) is 12.3. The second-order valence-electron chi connectivity index (χ2n) is 14.2. The number of nitrogens with zero attached hydrogens (tertiary/aromatic N) is 1. The van der Waals surface area contributed by atoms with Crippen molar-refractivity contribution in [3.8, 4) is 44.5 Å². The predicted molar refractivity (Wildman–Crippen MR) is 231 cm³/mol. The van der Waals surface area contributed by atoms with Crippen LogP contribution in [0.2, 0.25) is 0 Å². The van der Waals surface area contributed by atoms with Crippen LogP contribution in [0.25, 0.3) is 109 Å². The van der Waals surface area contributed by atoms with Crippen molar-refractivity contribution in [3.05, 3.63) is 200 Å². The van der Waals surface area contributed by atoms with E-state index in [9.17, 15) is 0 Å². The lowest BCUT2D eigenvalue weighted by molar-refractivity contribution is 1.45. The molecule has 11 aromatic rings. The molecule has 0 spiro atoms. The van der Waals surface area contributed by atoms with Crippen LogP contribution in [0, 0.1) is 0 Å². The number of fused-ring (bicyclic) bond motifs is 7. The van der Waals surface area contributed by atoms with E-state index in [1.54, 1.807) is 0 Å². The fourth-order valence-corrected chi connectivity index (χ4v) is 8.99. The molecule has 0 aliphatic heterocycles. The van der Waals surface area contributed by atoms with Crippen LogP contribution in [0.1, 0.15) is 0 Å². The van der Waals surface area contributed by atoms with E-state index >= 15 is 0 Å². The van der Waals surface area contributed by atoms with Crippen LogP contribution in [-0.2, 0) is 0 Å². The Labute approximate surface area is 313 Å². The highest BCUT2D eigenvalue weighted by Gasteiger charge is 2.21. The molecule has 54 heavy (non-hydrogen) atoms. The third kappa shape index (κ3) is 4.62. The van der Waals surface area contributed by atoms with Crippen molar-refractivity contribution >= 4 is 64.8 Å². The zero-order valence-electron chi connectivity index (χ0n) is 29.5. The van der Waals surface area contributed by atoms with Gasteiger partial charge in [0.25, 0.3) is 0 Å². The first-order valence-corrected chi connectivity index (χ1v) is 18.6. The summed E-state index contributed by atoms with van der Waals surface area (Å²) in [6, 6.07) is 70.7. The summed E-state index contributed by atoms with van der Waals surface area (Å²) in [6.45, 7) is 0. The van der Waals surface area contributed by atoms with Crippen molar-refractivity contribution < 1.29 is 0 Å². The van der Waals surface area contributed by atoms with Crippen molar-refractivity contribution in [1.29, 1.82) is 0 Å². The van der Waals surface area contributed by atoms with Gasteiger partial charge in [-0.2, -0.15) is 0 Å². The monoisotopic (exact) mass is 683 g/mol. The number of para-hydroxylation sites is 1. The fourth-order valence-electron chi connectivity index (χ4n) is 8.99. The van der Waals surface area contributed by atoms with Crippen LogP contribution in [0.4, 0.5) is 0 Å². The van der Waals surface area contributed by atoms with Gasteiger partial charge in [-0.25, -0.2) is 0 Å². The van der Waals surface area contributed by atoms with E-state index in [-0.39, 0.29) is 0 Å². The van der Waals surface area contributed by atoms with E-state index in [2.05, 4.69) is 200 Å². The van der Waals surface area contributed by atoms with Gasteiger partial charge in [-0.3, -0.25) is 4.98 Å². The average molecular weight is 684 g/mol. The summed E-state index contributed by atoms with van der Waals surface area (Å²) in [5.41, 5.74) is 10.9. The molecular formula is C53H33N. The van der Waals surface area contributed by atoms with E-state index in [4.69, 9.17) is 4.98 Å². The highest BCUT2D eigenvalue weighted by Crippen LogP contribution is 2.48. The van der Waals surface area contributed by atoms with Gasteiger partial charge in [-0.1, -0.05) is 188 Å². The maximum Gasteiger partial charge on any atom is 0.0708 e. The van der Waals surface area contributed by atoms with Gasteiger partial charge in [-0.15, -0.1) is 0 Å². The Balaban J connectivity index is 1.17. The molecule has 0 radical (unpaired) electrons. The number of aromatic nitrogens is 1. The third-order valence-corrected chi connectivity index (χ3v) is 11.3. The van der Waals surface area contributed by atoms with Gasteiger partial charge in [0.05, 0.1) is 5.52 Å². The first kappa shape index (κ1) is 30.5. The summed E-state index contributed by atoms with van der Waals surface area (Å²) >= 11 is 0. The van der Waals surface area contributed by atoms with E-state index < -0.39 is 0 Å². The van der Waals surface area contributed by atoms with E-state index in [0.717, 1.165) is 10.9 Å². The number of hydrogen-bond acceptors (Lipinski definition) is 1. The molecule has 0 amide bonds. The Hall–Kier alpha value is -7.09. The minimum absolute atomic E-state index is 1.00. The molecule has 0 aliphatic carbocycles. The molecule has 0 atom stereocenters. The minimum Gasteiger partial charge on any atom is -0.256 e. The lowest BCUT2D eigenvalue weighted by Gasteiger charge is -2.20. The fraction of sp³-hybridized carbons (Fsp3) is 0. The molecule has 1 aromatic heterocycles. The van der Waals surface area contributed by atoms with Crippen molar-refractivity contribution in [2.75, 3.05) is 0 Å². The van der Waals surface area contributed by atoms with Gasteiger partial charge in [0.1, 0.15) is 0 Å². The zero-order chi connectivity index (χ0) is 35.6. The molecule has 0 unspecified atom stereocenters. The van der Waals surface area contributed by atoms with Crippen LogP contribution in [-0.4, -0.2) is 4.98 Å². The number of hydrogen-bond donors (Lipinski definition) is 0. The van der Waals surface area contributed by atoms with Crippen LogP contribution in [0.15, 0.2) is 200 Å². The van der Waals surface area contributed by atoms with Gasteiger partial charge < -0.3 is 0 Å². The lowest BCUT2D eigenvalue weighted by Crippen LogP contribution is -1.94. The quantitative estimate of drug-likeness (QED) is 0.133. The molecule has 0 N–H and O–H groups in total. The van der Waals surface area contributed by atoms with Crippen LogP contribution in [0.3, 0.4) is 0 Å². The standard InChI is InChI=1S/C53H33N/c1-2-16-35(17-3-1)51-43-23-9-6-20-40(43)50(47-33-54-48-28-13-12-26-46(48)53(47)51)37-31-29-36(30-32-37)49-41-21-7-10-24-44(41)52(45-25-11-8-22-42(45)49)39-27-14-18-34-15-4-5-19-38(34)39/h1-33H. The molecule has 0 fully saturated rings. The number of pyridine rings is 1. The highest BCUT2D eigenvalue weighted by atomic mass is 14.7. The Bertz CT molecular complexity index is 3190. The summed E-state index contributed by atoms with van der Waals surface area (Å²) < 4.78 is 0. The second-order valence-corrected chi connectivity index (χ2v) is 14.2. The smallest absolute Gasteiger partial charge is 0.0708 e. The maximum atomic E-state index is 5.02. The molecule has 250 valence electrons. The molecule has 1 heterocycles. The molecule has 0 bridgehead atoms. The molecule has 0 saturated heterocycles. The van der Waals surface area contributed by atoms with E-state index in [0.29, 0.717) is 0 Å². The van der Waals surface area contributed by atoms with Crippen molar-refractivity contribution in [1.82, 2.24) is 4.98 Å². The first-order chi connectivity index (χ1) is 26.8. The Morgan fingerprint density at radius 1 is 0.259 bits per heavy atom. The van der Waals surface area contributed by atoms with Crippen molar-refractivity contribution in [3.63, 3.8) is 0 Å². The predicted octanol–water partition coefficient (Wildman–Crippen LogP) is 14.7. The summed E-state index contributed by atoms with van der Waals surface area (Å²) in [6.07, 6.45) is 2.09. The summed E-state index contributed by atoms with van der Waals surface area (Å²) in [4.78, 5) is 5.02. The summed E-state index contributed by atoms with van der Waals surface area (Å²) in [5, 5.41) is 13.6. The average Bonchev–Trinajstić information content (AvgIpc) is 3.25. The van der Waals surface area contributed by atoms with Gasteiger partial charge >= 0.3 is 0 Å². The van der Waals surface area contributed by atoms with Gasteiger partial charge in [-0.05, 0) is 93.7 Å². The Kier molecular flexibility index (Phi) is 6.93. The maximum absolute atomic E-state index is 5.02. The Morgan fingerprint density at radius 3 is 1.30 bits per heavy atom. The van der Waals surface area contributed by atoms with Crippen LogP contribution < -0.4 is 0 Å². The SMILES string of the molecule is c1ccc(-c2c3ccccc3c(-c3ccc(-c4c5ccccc5c(-c5cccc6ccccc56)c5ccccc45)cc3)c3cnc4ccccc4c23)cc1. The lowest BCUT2D eigenvalue weighted by atomic mass is 9.83. The minimum atomic E-state index is 1.00. The van der Waals surface area contributed by atoms with Crippen LogP contribution >= 0.6 is 0 Å². The van der Waals surface area contributed by atoms with Crippen LogP contribution in [0.5, 0.6) is 0 Å². The third-order valence-electron chi connectivity index (χ3n) is 11.3. The number of rotatable bonds is 4. The molecule has 11 rings (SSSR count). The highest BCUT2D eigenvalue weighted by molar-refractivity contribution is 6.28. The first-order valence-electron chi connectivity index (χ1n) is 18.6. The Morgan fingerprint density at radius 2 is 0.685 bits per heavy atom. The van der Waals surface area contributed by atoms with Gasteiger partial charge in [0.2, 0.25) is 0 Å². The topological polar surface area (TPSA) is 12.9 Å². The van der Waals surface area contributed by atoms with Crippen molar-refractivity contribution in [2.24, 2.45) is 0 Å². The molecule has 10 aromatic carbocycles. The van der Waals surface area contributed by atoms with Gasteiger partial charge in [0.15, 0.2) is 0 Å². The van der Waals surface area contributed by atoms with Gasteiger partial charge in [0, 0.05) is 22.4 Å². The van der Waals surface area contributed by atoms with E-state index in [1.807, 2.05) is 0 Å². The largest absolute Gasteiger partial charge is 0.256 e. The molecule has 1 nitrogen and oxygen atoms in total. The zero-order valence-corrected chi connectivity index (χ0v) is 29.5. The summed E-state index contributed by atoms with van der Waals surface area (Å²) in [5.74, 6) is 0. The molecule has 0 aliphatic rings. The normalized spacial score (nSPS) is 11.7. The number of benzene rings is 10. The summed E-state index contributed by atoms with van der Waals surface area (Å²) in [7, 11) is 0. The van der Waals surface area contributed by atoms with E-state index in [1.165, 1.54) is 98.4 Å².